The lowest BCUT2D eigenvalue weighted by atomic mass is 10.1. The fourth-order valence-electron chi connectivity index (χ4n) is 3.22. The fourth-order valence-corrected chi connectivity index (χ4v) is 3.60. The van der Waals surface area contributed by atoms with Crippen LogP contribution in [0.15, 0.2) is 41.1 Å². The van der Waals surface area contributed by atoms with Crippen LogP contribution in [0.3, 0.4) is 0 Å². The number of benzene rings is 1. The summed E-state index contributed by atoms with van der Waals surface area (Å²) in [6, 6.07) is 7.81. The first-order chi connectivity index (χ1) is 11.0. The molecule has 0 saturated heterocycles. The molecule has 1 amide bonds. The van der Waals surface area contributed by atoms with Crippen LogP contribution in [0.5, 0.6) is 0 Å². The molecule has 0 unspecified atom stereocenters. The van der Waals surface area contributed by atoms with Crippen molar-refractivity contribution in [2.75, 3.05) is 0 Å². The van der Waals surface area contributed by atoms with Crippen molar-refractivity contribution in [2.45, 2.75) is 18.9 Å². The van der Waals surface area contributed by atoms with Crippen LogP contribution < -0.4 is 5.32 Å². The quantitative estimate of drug-likeness (QED) is 0.740. The van der Waals surface area contributed by atoms with Gasteiger partial charge in [0.05, 0.1) is 11.7 Å². The molecule has 0 radical (unpaired) electrons. The Kier molecular flexibility index (Phi) is 3.13. The van der Waals surface area contributed by atoms with Gasteiger partial charge in [0.25, 0.3) is 5.91 Å². The number of carbonyl (C=O) groups is 1. The monoisotopic (exact) mass is 372 g/mol. The van der Waals surface area contributed by atoms with Crippen LogP contribution in [0, 0.1) is 5.92 Å². The topological polar surface area (TPSA) is 62.7 Å². The number of nitrogens with one attached hydrogen (secondary N) is 2. The van der Waals surface area contributed by atoms with E-state index in [1.54, 1.807) is 4.68 Å². The van der Waals surface area contributed by atoms with Gasteiger partial charge in [-0.3, -0.25) is 9.48 Å². The van der Waals surface area contributed by atoms with Gasteiger partial charge in [-0.1, -0.05) is 22.9 Å². The van der Waals surface area contributed by atoms with E-state index in [2.05, 4.69) is 38.3 Å². The van der Waals surface area contributed by atoms with Crippen molar-refractivity contribution in [3.8, 4) is 0 Å². The lowest BCUT2D eigenvalue weighted by Gasteiger charge is -2.16. The number of H-pyrrole nitrogens is 1. The van der Waals surface area contributed by atoms with Crippen molar-refractivity contribution >= 4 is 32.7 Å². The van der Waals surface area contributed by atoms with E-state index in [0.717, 1.165) is 27.4 Å². The molecule has 1 aromatic carbocycles. The van der Waals surface area contributed by atoms with Gasteiger partial charge in [-0.05, 0) is 36.6 Å². The van der Waals surface area contributed by atoms with Crippen LogP contribution in [-0.4, -0.2) is 20.7 Å². The number of aromatic amines is 1. The molecule has 2 heterocycles. The van der Waals surface area contributed by atoms with Crippen LogP contribution in [-0.2, 0) is 12.6 Å². The van der Waals surface area contributed by atoms with Crippen LogP contribution in [0.1, 0.15) is 29.4 Å². The fraction of sp³-hybridized carbons (Fsp3) is 0.294. The Morgan fingerprint density at radius 1 is 1.48 bits per heavy atom. The van der Waals surface area contributed by atoms with Crippen LogP contribution in [0.4, 0.5) is 0 Å². The zero-order valence-electron chi connectivity index (χ0n) is 12.9. The molecule has 2 N–H and O–H groups in total. The van der Waals surface area contributed by atoms with Gasteiger partial charge in [-0.15, -0.1) is 0 Å². The Bertz CT molecular complexity index is 912. The number of hydrogen-bond acceptors (Lipinski definition) is 2. The zero-order chi connectivity index (χ0) is 16.2. The summed E-state index contributed by atoms with van der Waals surface area (Å²) in [4.78, 5) is 15.9. The minimum absolute atomic E-state index is 0.0782. The molecule has 1 fully saturated rings. The average molecular weight is 373 g/mol. The molecule has 1 aliphatic carbocycles. The first kappa shape index (κ1) is 14.5. The third-order valence-corrected chi connectivity index (χ3v) is 5.19. The molecule has 118 valence electrons. The molecule has 0 spiro atoms. The second kappa shape index (κ2) is 4.96. The number of fused-ring (bicyclic) bond motifs is 1. The van der Waals surface area contributed by atoms with Gasteiger partial charge in [0.15, 0.2) is 0 Å². The Morgan fingerprint density at radius 2 is 2.26 bits per heavy atom. The predicted molar refractivity (Wildman–Crippen MR) is 92.1 cm³/mol. The molecule has 4 rings (SSSR count). The summed E-state index contributed by atoms with van der Waals surface area (Å²) < 4.78 is 2.77. The number of aryl methyl sites for hydroxylation is 1. The van der Waals surface area contributed by atoms with Crippen LogP contribution in [0.2, 0.25) is 0 Å². The van der Waals surface area contributed by atoms with Gasteiger partial charge < -0.3 is 10.3 Å². The molecule has 1 aliphatic rings. The number of aromatic nitrogens is 3. The van der Waals surface area contributed by atoms with Gasteiger partial charge in [-0.2, -0.15) is 5.10 Å². The number of amides is 1. The SMILES string of the molecule is C[C@@H]1C[C@]1(NC(=O)c1cc2cc(Br)ccc2[nH]1)c1cnn(C)c1. The summed E-state index contributed by atoms with van der Waals surface area (Å²) >= 11 is 3.45. The lowest BCUT2D eigenvalue weighted by molar-refractivity contribution is 0.0923. The molecule has 2 atom stereocenters. The lowest BCUT2D eigenvalue weighted by Crippen LogP contribution is -2.36. The second-order valence-electron chi connectivity index (χ2n) is 6.35. The van der Waals surface area contributed by atoms with Crippen molar-refractivity contribution in [2.24, 2.45) is 13.0 Å². The number of hydrogen-bond donors (Lipinski definition) is 2. The highest BCUT2D eigenvalue weighted by Crippen LogP contribution is 2.51. The summed E-state index contributed by atoms with van der Waals surface area (Å²) in [5.41, 5.74) is 2.32. The molecule has 6 heteroatoms. The largest absolute Gasteiger partial charge is 0.351 e. The Balaban J connectivity index is 1.63. The number of halogens is 1. The minimum Gasteiger partial charge on any atom is -0.351 e. The van der Waals surface area contributed by atoms with Gasteiger partial charge >= 0.3 is 0 Å². The maximum absolute atomic E-state index is 12.7. The first-order valence-corrected chi connectivity index (χ1v) is 8.37. The van der Waals surface area contributed by atoms with Crippen LogP contribution >= 0.6 is 15.9 Å². The molecule has 1 saturated carbocycles. The second-order valence-corrected chi connectivity index (χ2v) is 7.26. The molecule has 0 bridgehead atoms. The maximum Gasteiger partial charge on any atom is 0.268 e. The van der Waals surface area contributed by atoms with E-state index in [1.807, 2.05) is 43.7 Å². The number of carbonyl (C=O) groups excluding carboxylic acids is 1. The van der Waals surface area contributed by atoms with Gasteiger partial charge in [0, 0.05) is 34.2 Å². The molecule has 5 nitrogen and oxygen atoms in total. The van der Waals surface area contributed by atoms with Crippen molar-refractivity contribution < 1.29 is 4.79 Å². The van der Waals surface area contributed by atoms with Crippen molar-refractivity contribution in [3.63, 3.8) is 0 Å². The van der Waals surface area contributed by atoms with E-state index < -0.39 is 0 Å². The molecular formula is C17H17BrN4O. The normalized spacial score (nSPS) is 23.2. The minimum atomic E-state index is -0.288. The highest BCUT2D eigenvalue weighted by Gasteiger charge is 2.54. The highest BCUT2D eigenvalue weighted by atomic mass is 79.9. The van der Waals surface area contributed by atoms with Crippen molar-refractivity contribution in [1.29, 1.82) is 0 Å². The van der Waals surface area contributed by atoms with Crippen molar-refractivity contribution in [3.05, 3.63) is 52.4 Å². The third-order valence-electron chi connectivity index (χ3n) is 4.69. The molecular weight excluding hydrogens is 356 g/mol. The Hall–Kier alpha value is -2.08. The Labute approximate surface area is 142 Å². The summed E-state index contributed by atoms with van der Waals surface area (Å²) in [7, 11) is 1.89. The predicted octanol–water partition coefficient (Wildman–Crippen LogP) is 3.33. The molecule has 2 aromatic heterocycles. The number of nitrogens with zero attached hydrogens (tertiary/aromatic N) is 2. The molecule has 0 aliphatic heterocycles. The van der Waals surface area contributed by atoms with Crippen molar-refractivity contribution in [1.82, 2.24) is 20.1 Å². The van der Waals surface area contributed by atoms with E-state index >= 15 is 0 Å². The zero-order valence-corrected chi connectivity index (χ0v) is 14.5. The van der Waals surface area contributed by atoms with E-state index in [9.17, 15) is 4.79 Å². The third kappa shape index (κ3) is 2.37. The van der Waals surface area contributed by atoms with E-state index in [1.165, 1.54) is 0 Å². The van der Waals surface area contributed by atoms with Gasteiger partial charge in [0.2, 0.25) is 0 Å². The van der Waals surface area contributed by atoms with Crippen LogP contribution in [0.25, 0.3) is 10.9 Å². The first-order valence-electron chi connectivity index (χ1n) is 7.58. The molecule has 23 heavy (non-hydrogen) atoms. The van der Waals surface area contributed by atoms with Gasteiger partial charge in [0.1, 0.15) is 5.69 Å². The van der Waals surface area contributed by atoms with E-state index in [-0.39, 0.29) is 11.4 Å². The highest BCUT2D eigenvalue weighted by molar-refractivity contribution is 9.10. The maximum atomic E-state index is 12.7. The van der Waals surface area contributed by atoms with E-state index in [0.29, 0.717) is 11.6 Å². The summed E-state index contributed by atoms with van der Waals surface area (Å²) in [5, 5.41) is 8.45. The standard InChI is InChI=1S/C17H17BrN4O/c1-10-7-17(10,12-8-19-22(2)9-12)21-16(23)15-6-11-5-13(18)3-4-14(11)20-15/h3-6,8-10,20H,7H2,1-2H3,(H,21,23)/t10-,17-/m1/s1. The number of rotatable bonds is 3. The van der Waals surface area contributed by atoms with Gasteiger partial charge in [-0.25, -0.2) is 0 Å². The van der Waals surface area contributed by atoms with E-state index in [4.69, 9.17) is 0 Å². The Morgan fingerprint density at radius 3 is 2.91 bits per heavy atom. The summed E-state index contributed by atoms with van der Waals surface area (Å²) in [6.45, 7) is 2.15. The molecule has 3 aromatic rings. The summed E-state index contributed by atoms with van der Waals surface area (Å²) in [6.07, 6.45) is 4.76. The average Bonchev–Trinajstić information content (AvgIpc) is 2.90. The summed E-state index contributed by atoms with van der Waals surface area (Å²) in [5.74, 6) is 0.333. The smallest absolute Gasteiger partial charge is 0.268 e.